The van der Waals surface area contributed by atoms with Crippen molar-refractivity contribution in [2.45, 2.75) is 33.6 Å². The van der Waals surface area contributed by atoms with Crippen LogP contribution in [0.25, 0.3) is 0 Å². The Kier molecular flexibility index (Phi) is 8.46. The second-order valence-electron chi connectivity index (χ2n) is 6.86. The van der Waals surface area contributed by atoms with Gasteiger partial charge in [-0.25, -0.2) is 9.97 Å². The molecular formula is C19H30IN7O. The molecule has 1 saturated heterocycles. The molecule has 1 unspecified atom stereocenters. The highest BCUT2D eigenvalue weighted by molar-refractivity contribution is 14.0. The van der Waals surface area contributed by atoms with E-state index in [1.165, 1.54) is 5.56 Å². The molecule has 28 heavy (non-hydrogen) atoms. The molecule has 1 N–H and O–H groups in total. The van der Waals surface area contributed by atoms with Gasteiger partial charge < -0.3 is 19.6 Å². The van der Waals surface area contributed by atoms with Gasteiger partial charge >= 0.3 is 0 Å². The Morgan fingerprint density at radius 1 is 1.21 bits per heavy atom. The summed E-state index contributed by atoms with van der Waals surface area (Å²) in [6.45, 7) is 13.3. The molecule has 9 heteroatoms. The molecule has 1 aliphatic rings. The van der Waals surface area contributed by atoms with Crippen molar-refractivity contribution in [2.75, 3.05) is 44.2 Å². The second-order valence-corrected chi connectivity index (χ2v) is 6.86. The Labute approximate surface area is 183 Å². The zero-order valence-electron chi connectivity index (χ0n) is 17.1. The third kappa shape index (κ3) is 5.33. The van der Waals surface area contributed by atoms with Crippen molar-refractivity contribution >= 4 is 35.9 Å². The number of piperazine rings is 1. The van der Waals surface area contributed by atoms with Crippen molar-refractivity contribution in [3.8, 4) is 0 Å². The summed E-state index contributed by atoms with van der Waals surface area (Å²) in [4.78, 5) is 18.1. The van der Waals surface area contributed by atoms with E-state index in [0.29, 0.717) is 6.54 Å². The van der Waals surface area contributed by atoms with Crippen molar-refractivity contribution in [1.29, 1.82) is 0 Å². The normalized spacial score (nSPS) is 15.9. The van der Waals surface area contributed by atoms with Crippen molar-refractivity contribution < 1.29 is 4.52 Å². The van der Waals surface area contributed by atoms with Crippen LogP contribution in [0.2, 0.25) is 0 Å². The van der Waals surface area contributed by atoms with Gasteiger partial charge in [-0.1, -0.05) is 12.1 Å². The van der Waals surface area contributed by atoms with Crippen LogP contribution < -0.4 is 10.2 Å². The first-order valence-corrected chi connectivity index (χ1v) is 9.58. The van der Waals surface area contributed by atoms with Crippen LogP contribution in [0.1, 0.15) is 36.8 Å². The first-order valence-electron chi connectivity index (χ1n) is 9.58. The Balaban J connectivity index is 0.00000280. The number of hydrogen-bond acceptors (Lipinski definition) is 6. The summed E-state index contributed by atoms with van der Waals surface area (Å²) < 4.78 is 5.30. The van der Waals surface area contributed by atoms with Crippen LogP contribution in [-0.2, 0) is 0 Å². The average molecular weight is 499 g/mol. The van der Waals surface area contributed by atoms with E-state index in [1.54, 1.807) is 12.4 Å². The standard InChI is InChI=1S/C19H29N7O.HI/c1-5-20-18(23-13-14(2)17-15(3)24-27-16(17)4)25-9-11-26(12-10-25)19-21-7-6-8-22-19;/h6-8,14H,5,9-13H2,1-4H3,(H,20,23);1H. The van der Waals surface area contributed by atoms with Crippen LogP contribution in [0, 0.1) is 13.8 Å². The molecule has 8 nitrogen and oxygen atoms in total. The van der Waals surface area contributed by atoms with Crippen molar-refractivity contribution in [1.82, 2.24) is 25.3 Å². The number of guanidine groups is 1. The minimum absolute atomic E-state index is 0. The van der Waals surface area contributed by atoms with Gasteiger partial charge in [0.15, 0.2) is 5.96 Å². The summed E-state index contributed by atoms with van der Waals surface area (Å²) >= 11 is 0. The molecule has 0 bridgehead atoms. The molecule has 0 aromatic carbocycles. The van der Waals surface area contributed by atoms with E-state index < -0.39 is 0 Å². The highest BCUT2D eigenvalue weighted by Crippen LogP contribution is 2.23. The van der Waals surface area contributed by atoms with Crippen molar-refractivity contribution in [2.24, 2.45) is 4.99 Å². The fourth-order valence-corrected chi connectivity index (χ4v) is 3.51. The van der Waals surface area contributed by atoms with Gasteiger partial charge in [-0.3, -0.25) is 4.99 Å². The maximum Gasteiger partial charge on any atom is 0.225 e. The second kappa shape index (κ2) is 10.6. The van der Waals surface area contributed by atoms with E-state index in [2.05, 4.69) is 44.1 Å². The van der Waals surface area contributed by atoms with E-state index in [-0.39, 0.29) is 29.9 Å². The average Bonchev–Trinajstić information content (AvgIpc) is 3.04. The van der Waals surface area contributed by atoms with Gasteiger partial charge in [0.05, 0.1) is 5.69 Å². The number of nitrogens with one attached hydrogen (secondary N) is 1. The Morgan fingerprint density at radius 2 is 1.89 bits per heavy atom. The van der Waals surface area contributed by atoms with Crippen LogP contribution in [0.4, 0.5) is 5.95 Å². The fraction of sp³-hybridized carbons (Fsp3) is 0.579. The number of aromatic nitrogens is 3. The number of rotatable bonds is 5. The summed E-state index contributed by atoms with van der Waals surface area (Å²) in [5, 5.41) is 7.48. The van der Waals surface area contributed by atoms with Gasteiger partial charge in [0.2, 0.25) is 5.95 Å². The first-order chi connectivity index (χ1) is 13.1. The molecule has 0 amide bonds. The highest BCUT2D eigenvalue weighted by Gasteiger charge is 2.22. The van der Waals surface area contributed by atoms with E-state index in [1.807, 2.05) is 19.9 Å². The molecule has 3 heterocycles. The lowest BCUT2D eigenvalue weighted by Gasteiger charge is -2.36. The van der Waals surface area contributed by atoms with E-state index in [9.17, 15) is 0 Å². The van der Waals surface area contributed by atoms with Gasteiger partial charge in [-0.15, -0.1) is 24.0 Å². The maximum atomic E-state index is 5.30. The van der Waals surface area contributed by atoms with Gasteiger partial charge in [-0.05, 0) is 26.8 Å². The van der Waals surface area contributed by atoms with Gasteiger partial charge in [0.25, 0.3) is 0 Å². The number of aryl methyl sites for hydroxylation is 2. The number of anilines is 1. The minimum atomic E-state index is 0. The van der Waals surface area contributed by atoms with E-state index in [4.69, 9.17) is 9.52 Å². The lowest BCUT2D eigenvalue weighted by Crippen LogP contribution is -2.53. The smallest absolute Gasteiger partial charge is 0.225 e. The summed E-state index contributed by atoms with van der Waals surface area (Å²) in [7, 11) is 0. The zero-order valence-corrected chi connectivity index (χ0v) is 19.4. The predicted molar refractivity (Wildman–Crippen MR) is 122 cm³/mol. The molecule has 1 aliphatic heterocycles. The molecule has 1 fully saturated rings. The number of hydrogen-bond donors (Lipinski definition) is 1. The largest absolute Gasteiger partial charge is 0.361 e. The van der Waals surface area contributed by atoms with Crippen LogP contribution in [-0.4, -0.2) is 65.3 Å². The molecule has 0 saturated carbocycles. The summed E-state index contributed by atoms with van der Waals surface area (Å²) in [5.41, 5.74) is 2.12. The summed E-state index contributed by atoms with van der Waals surface area (Å²) in [6.07, 6.45) is 3.58. The molecule has 154 valence electrons. The number of nitrogens with zero attached hydrogens (tertiary/aromatic N) is 6. The third-order valence-electron chi connectivity index (χ3n) is 4.85. The summed E-state index contributed by atoms with van der Waals surface area (Å²) in [5.74, 6) is 2.91. The van der Waals surface area contributed by atoms with E-state index >= 15 is 0 Å². The fourth-order valence-electron chi connectivity index (χ4n) is 3.51. The Morgan fingerprint density at radius 3 is 2.46 bits per heavy atom. The summed E-state index contributed by atoms with van der Waals surface area (Å²) in [6, 6.07) is 1.84. The van der Waals surface area contributed by atoms with Crippen LogP contribution in [0.5, 0.6) is 0 Å². The predicted octanol–water partition coefficient (Wildman–Crippen LogP) is 2.59. The third-order valence-corrected chi connectivity index (χ3v) is 4.85. The molecule has 0 radical (unpaired) electrons. The topological polar surface area (TPSA) is 82.7 Å². The van der Waals surface area contributed by atoms with Crippen LogP contribution >= 0.6 is 24.0 Å². The van der Waals surface area contributed by atoms with Crippen LogP contribution in [0.3, 0.4) is 0 Å². The number of halogens is 1. The first kappa shape index (κ1) is 22.4. The van der Waals surface area contributed by atoms with Crippen LogP contribution in [0.15, 0.2) is 28.0 Å². The zero-order chi connectivity index (χ0) is 19.2. The molecule has 0 aliphatic carbocycles. The van der Waals surface area contributed by atoms with Crippen molar-refractivity contribution in [3.63, 3.8) is 0 Å². The minimum Gasteiger partial charge on any atom is -0.361 e. The Bertz CT molecular complexity index is 737. The molecule has 2 aromatic heterocycles. The van der Waals surface area contributed by atoms with Gasteiger partial charge in [-0.2, -0.15) is 0 Å². The molecule has 3 rings (SSSR count). The van der Waals surface area contributed by atoms with Crippen molar-refractivity contribution in [3.05, 3.63) is 35.5 Å². The van der Waals surface area contributed by atoms with E-state index in [0.717, 1.165) is 56.1 Å². The quantitative estimate of drug-likeness (QED) is 0.385. The highest BCUT2D eigenvalue weighted by atomic mass is 127. The Hall–Kier alpha value is -1.91. The molecular weight excluding hydrogens is 469 g/mol. The van der Waals surface area contributed by atoms with Gasteiger partial charge in [0, 0.05) is 63.1 Å². The monoisotopic (exact) mass is 499 g/mol. The lowest BCUT2D eigenvalue weighted by atomic mass is 10.00. The maximum absolute atomic E-state index is 5.30. The lowest BCUT2D eigenvalue weighted by molar-refractivity contribution is 0.369. The molecule has 2 aromatic rings. The number of aliphatic imine (C=N–C) groups is 1. The molecule has 1 atom stereocenters. The SMILES string of the molecule is CCNC(=NCC(C)c1c(C)noc1C)N1CCN(c2ncccn2)CC1.I. The van der Waals surface area contributed by atoms with Gasteiger partial charge in [0.1, 0.15) is 5.76 Å². The molecule has 0 spiro atoms.